The van der Waals surface area contributed by atoms with Gasteiger partial charge in [-0.25, -0.2) is 0 Å². The second kappa shape index (κ2) is 7.57. The molecule has 1 aromatic carbocycles. The average molecular weight is 356 g/mol. The van der Waals surface area contributed by atoms with Gasteiger partial charge in [-0.15, -0.1) is 0 Å². The lowest BCUT2D eigenvalue weighted by Crippen LogP contribution is -2.03. The molecule has 3 aromatic rings. The Kier molecular flexibility index (Phi) is 5.24. The number of ether oxygens (including phenoxy) is 1. The first kappa shape index (κ1) is 17.3. The number of hydrogen-bond acceptors (Lipinski definition) is 4. The monoisotopic (exact) mass is 356 g/mol. The van der Waals surface area contributed by atoms with Gasteiger partial charge in [0.05, 0.1) is 24.2 Å². The number of nitrogens with zero attached hydrogens (tertiary/aromatic N) is 2. The second-order valence-corrected chi connectivity index (χ2v) is 7.18. The van der Waals surface area contributed by atoms with E-state index in [-0.39, 0.29) is 12.8 Å². The molecule has 0 radical (unpaired) electrons. The molecular formula is C18H17N2O4P. The van der Waals surface area contributed by atoms with Crippen LogP contribution in [0.15, 0.2) is 67.0 Å². The molecule has 0 unspecified atom stereocenters. The molecule has 0 atom stereocenters. The third-order valence-electron chi connectivity index (χ3n) is 3.53. The highest BCUT2D eigenvalue weighted by molar-refractivity contribution is 7.51. The molecule has 6 nitrogen and oxygen atoms in total. The minimum absolute atomic E-state index is 0.0239. The highest BCUT2D eigenvalue weighted by Gasteiger charge is 2.12. The molecule has 0 fully saturated rings. The van der Waals surface area contributed by atoms with Crippen molar-refractivity contribution in [2.75, 3.05) is 12.8 Å². The SMILES string of the molecule is O=P(O)(O)CCOc1ccc(-c2ccc(-c3ccccn3)nc2)cc1. The Labute approximate surface area is 145 Å². The van der Waals surface area contributed by atoms with E-state index in [4.69, 9.17) is 14.5 Å². The van der Waals surface area contributed by atoms with Crippen LogP contribution in [0.5, 0.6) is 5.75 Å². The van der Waals surface area contributed by atoms with Crippen molar-refractivity contribution < 1.29 is 19.1 Å². The fourth-order valence-corrected chi connectivity index (χ4v) is 2.59. The Bertz CT molecular complexity index is 862. The lowest BCUT2D eigenvalue weighted by molar-refractivity contribution is 0.316. The maximum Gasteiger partial charge on any atom is 0.328 e. The van der Waals surface area contributed by atoms with E-state index in [0.29, 0.717) is 5.75 Å². The van der Waals surface area contributed by atoms with E-state index in [0.717, 1.165) is 22.5 Å². The standard InChI is InChI=1S/C18H17N2O4P/c21-25(22,23)12-11-24-16-7-4-14(5-8-16)15-6-9-18(20-13-15)17-3-1-2-10-19-17/h1-10,13H,11-12H2,(H2,21,22,23). The first-order chi connectivity index (χ1) is 12.0. The summed E-state index contributed by atoms with van der Waals surface area (Å²) in [4.78, 5) is 26.3. The lowest BCUT2D eigenvalue weighted by Gasteiger charge is -2.08. The van der Waals surface area contributed by atoms with Gasteiger partial charge >= 0.3 is 7.60 Å². The van der Waals surface area contributed by atoms with E-state index in [2.05, 4.69) is 9.97 Å². The topological polar surface area (TPSA) is 92.5 Å². The van der Waals surface area contributed by atoms with Crippen LogP contribution in [0.1, 0.15) is 0 Å². The molecule has 3 rings (SSSR count). The van der Waals surface area contributed by atoms with Crippen molar-refractivity contribution in [3.8, 4) is 28.3 Å². The first-order valence-electron chi connectivity index (χ1n) is 7.66. The summed E-state index contributed by atoms with van der Waals surface area (Å²) in [6.45, 7) is -0.0239. The third-order valence-corrected chi connectivity index (χ3v) is 4.29. The van der Waals surface area contributed by atoms with Gasteiger partial charge in [0.1, 0.15) is 5.75 Å². The van der Waals surface area contributed by atoms with Crippen molar-refractivity contribution >= 4 is 7.60 Å². The van der Waals surface area contributed by atoms with Crippen LogP contribution in [0.3, 0.4) is 0 Å². The lowest BCUT2D eigenvalue weighted by atomic mass is 10.1. The van der Waals surface area contributed by atoms with Gasteiger partial charge in [0, 0.05) is 18.0 Å². The van der Waals surface area contributed by atoms with Gasteiger partial charge in [-0.3, -0.25) is 14.5 Å². The number of benzene rings is 1. The summed E-state index contributed by atoms with van der Waals surface area (Å²) < 4.78 is 16.1. The van der Waals surface area contributed by atoms with Crippen molar-refractivity contribution in [2.45, 2.75) is 0 Å². The predicted octanol–water partition coefficient (Wildman–Crippen LogP) is 3.37. The molecule has 2 aromatic heterocycles. The van der Waals surface area contributed by atoms with Gasteiger partial charge in [0.2, 0.25) is 0 Å². The van der Waals surface area contributed by atoms with E-state index in [1.807, 2.05) is 42.5 Å². The van der Waals surface area contributed by atoms with Gasteiger partial charge in [-0.2, -0.15) is 0 Å². The fourth-order valence-electron chi connectivity index (χ4n) is 2.26. The van der Waals surface area contributed by atoms with Crippen LogP contribution in [-0.2, 0) is 4.57 Å². The highest BCUT2D eigenvalue weighted by atomic mass is 31.2. The Morgan fingerprint density at radius 3 is 2.20 bits per heavy atom. The summed E-state index contributed by atoms with van der Waals surface area (Å²) in [5.74, 6) is 0.565. The quantitative estimate of drug-likeness (QED) is 0.658. The molecule has 0 saturated heterocycles. The van der Waals surface area contributed by atoms with E-state index < -0.39 is 7.60 Å². The van der Waals surface area contributed by atoms with Gasteiger partial charge in [0.25, 0.3) is 0 Å². The zero-order valence-electron chi connectivity index (χ0n) is 13.3. The van der Waals surface area contributed by atoms with E-state index in [9.17, 15) is 4.57 Å². The van der Waals surface area contributed by atoms with Crippen LogP contribution in [0, 0.1) is 0 Å². The summed E-state index contributed by atoms with van der Waals surface area (Å²) >= 11 is 0. The Balaban J connectivity index is 1.67. The molecule has 0 saturated carbocycles. The Hall–Kier alpha value is -2.53. The Morgan fingerprint density at radius 1 is 0.880 bits per heavy atom. The molecule has 25 heavy (non-hydrogen) atoms. The molecule has 0 bridgehead atoms. The van der Waals surface area contributed by atoms with Crippen LogP contribution < -0.4 is 4.74 Å². The predicted molar refractivity (Wildman–Crippen MR) is 95.3 cm³/mol. The summed E-state index contributed by atoms with van der Waals surface area (Å²) in [5.41, 5.74) is 3.56. The van der Waals surface area contributed by atoms with Crippen molar-refractivity contribution in [3.05, 3.63) is 67.0 Å². The van der Waals surface area contributed by atoms with Crippen LogP contribution >= 0.6 is 7.60 Å². The van der Waals surface area contributed by atoms with Gasteiger partial charge < -0.3 is 14.5 Å². The zero-order valence-corrected chi connectivity index (χ0v) is 14.2. The number of hydrogen-bond donors (Lipinski definition) is 2. The molecule has 0 aliphatic rings. The van der Waals surface area contributed by atoms with Gasteiger partial charge in [0.15, 0.2) is 0 Å². The molecule has 2 N–H and O–H groups in total. The van der Waals surface area contributed by atoms with Gasteiger partial charge in [-0.1, -0.05) is 24.3 Å². The van der Waals surface area contributed by atoms with Crippen LogP contribution in [0.4, 0.5) is 0 Å². The smallest absolute Gasteiger partial charge is 0.328 e. The summed E-state index contributed by atoms with van der Waals surface area (Å²) in [6, 6.07) is 16.9. The average Bonchev–Trinajstić information content (AvgIpc) is 2.62. The fraction of sp³-hybridized carbons (Fsp3) is 0.111. The molecule has 0 spiro atoms. The normalized spacial score (nSPS) is 11.3. The van der Waals surface area contributed by atoms with Crippen LogP contribution in [0.2, 0.25) is 0 Å². The van der Waals surface area contributed by atoms with E-state index >= 15 is 0 Å². The largest absolute Gasteiger partial charge is 0.493 e. The first-order valence-corrected chi connectivity index (χ1v) is 9.46. The van der Waals surface area contributed by atoms with Gasteiger partial charge in [-0.05, 0) is 35.9 Å². The molecule has 0 amide bonds. The summed E-state index contributed by atoms with van der Waals surface area (Å²) in [6.07, 6.45) is 3.22. The van der Waals surface area contributed by atoms with Crippen LogP contribution in [-0.4, -0.2) is 32.5 Å². The maximum absolute atomic E-state index is 10.8. The molecule has 7 heteroatoms. The second-order valence-electron chi connectivity index (χ2n) is 5.41. The summed E-state index contributed by atoms with van der Waals surface area (Å²) in [7, 11) is -4.03. The third kappa shape index (κ3) is 4.97. The van der Waals surface area contributed by atoms with Crippen molar-refractivity contribution in [2.24, 2.45) is 0 Å². The highest BCUT2D eigenvalue weighted by Crippen LogP contribution is 2.33. The zero-order chi connectivity index (χ0) is 17.7. The molecule has 0 aliphatic heterocycles. The van der Waals surface area contributed by atoms with Crippen molar-refractivity contribution in [3.63, 3.8) is 0 Å². The maximum atomic E-state index is 10.8. The molecular weight excluding hydrogens is 339 g/mol. The van der Waals surface area contributed by atoms with Crippen LogP contribution in [0.25, 0.3) is 22.5 Å². The minimum atomic E-state index is -4.03. The minimum Gasteiger partial charge on any atom is -0.493 e. The summed E-state index contributed by atoms with van der Waals surface area (Å²) in [5, 5.41) is 0. The van der Waals surface area contributed by atoms with E-state index in [1.165, 1.54) is 0 Å². The molecule has 128 valence electrons. The number of pyridine rings is 2. The number of aromatic nitrogens is 2. The van der Waals surface area contributed by atoms with Crippen molar-refractivity contribution in [1.29, 1.82) is 0 Å². The molecule has 0 aliphatic carbocycles. The Morgan fingerprint density at radius 2 is 1.60 bits per heavy atom. The molecule has 2 heterocycles. The number of rotatable bonds is 6. The van der Waals surface area contributed by atoms with Crippen molar-refractivity contribution in [1.82, 2.24) is 9.97 Å². The van der Waals surface area contributed by atoms with E-state index in [1.54, 1.807) is 24.5 Å².